The summed E-state index contributed by atoms with van der Waals surface area (Å²) in [5, 5.41) is 0. The van der Waals surface area contributed by atoms with Crippen LogP contribution in [-0.2, 0) is 0 Å². The van der Waals surface area contributed by atoms with Gasteiger partial charge in [0.1, 0.15) is 6.04 Å². The van der Waals surface area contributed by atoms with Crippen LogP contribution in [0.5, 0.6) is 0 Å². The van der Waals surface area contributed by atoms with E-state index in [0.29, 0.717) is 5.89 Å². The summed E-state index contributed by atoms with van der Waals surface area (Å²) in [4.78, 5) is 4.28. The normalized spacial score (nSPS) is 12.3. The lowest BCUT2D eigenvalue weighted by Gasteiger charge is -2.07. The van der Waals surface area contributed by atoms with E-state index in [1.165, 1.54) is 0 Å². The molecule has 0 fully saturated rings. The summed E-state index contributed by atoms with van der Waals surface area (Å²) in [5.41, 5.74) is 8.14. The first kappa shape index (κ1) is 11.7. The Morgan fingerprint density at radius 2 is 1.53 bits per heavy atom. The van der Waals surface area contributed by atoms with Gasteiger partial charge in [0.25, 0.3) is 0 Å². The molecule has 94 valence electrons. The molecule has 3 nitrogen and oxygen atoms in total. The van der Waals surface area contributed by atoms with Gasteiger partial charge in [0, 0.05) is 5.56 Å². The second-order valence-electron chi connectivity index (χ2n) is 4.32. The van der Waals surface area contributed by atoms with Crippen molar-refractivity contribution in [3.63, 3.8) is 0 Å². The fraction of sp³-hybridized carbons (Fsp3) is 0.0625. The third kappa shape index (κ3) is 2.41. The summed E-state index contributed by atoms with van der Waals surface area (Å²) >= 11 is 0. The van der Waals surface area contributed by atoms with E-state index in [0.717, 1.165) is 16.9 Å². The average molecular weight is 250 g/mol. The summed E-state index contributed by atoms with van der Waals surface area (Å²) in [6.07, 6.45) is 1.72. The zero-order valence-electron chi connectivity index (χ0n) is 10.4. The summed E-state index contributed by atoms with van der Waals surface area (Å²) in [5.74, 6) is 1.27. The first-order chi connectivity index (χ1) is 9.34. The molecule has 0 spiro atoms. The Kier molecular flexibility index (Phi) is 3.12. The Bertz CT molecular complexity index is 647. The van der Waals surface area contributed by atoms with E-state index < -0.39 is 0 Å². The highest BCUT2D eigenvalue weighted by molar-refractivity contribution is 5.55. The molecule has 0 aliphatic heterocycles. The average Bonchev–Trinajstić information content (AvgIpc) is 2.98. The molecule has 3 aromatic rings. The van der Waals surface area contributed by atoms with Gasteiger partial charge in [-0.3, -0.25) is 0 Å². The lowest BCUT2D eigenvalue weighted by atomic mass is 10.1. The molecule has 1 unspecified atom stereocenters. The Labute approximate surface area is 111 Å². The van der Waals surface area contributed by atoms with Gasteiger partial charge in [-0.05, 0) is 5.56 Å². The highest BCUT2D eigenvalue weighted by Gasteiger charge is 2.15. The molecule has 0 bridgehead atoms. The van der Waals surface area contributed by atoms with Crippen molar-refractivity contribution in [3.05, 3.63) is 78.3 Å². The maximum atomic E-state index is 6.15. The Morgan fingerprint density at radius 3 is 2.21 bits per heavy atom. The highest BCUT2D eigenvalue weighted by Crippen LogP contribution is 2.24. The third-order valence-electron chi connectivity index (χ3n) is 3.01. The lowest BCUT2D eigenvalue weighted by molar-refractivity contribution is 0.484. The minimum atomic E-state index is -0.335. The maximum Gasteiger partial charge on any atom is 0.216 e. The van der Waals surface area contributed by atoms with Gasteiger partial charge in [-0.1, -0.05) is 60.7 Å². The summed E-state index contributed by atoms with van der Waals surface area (Å²) in [6.45, 7) is 0. The molecule has 0 saturated heterocycles. The van der Waals surface area contributed by atoms with Gasteiger partial charge in [-0.25, -0.2) is 4.98 Å². The predicted octanol–water partition coefficient (Wildman–Crippen LogP) is 3.39. The fourth-order valence-electron chi connectivity index (χ4n) is 1.97. The number of oxazole rings is 1. The topological polar surface area (TPSA) is 52.0 Å². The van der Waals surface area contributed by atoms with Crippen LogP contribution in [0.25, 0.3) is 11.3 Å². The van der Waals surface area contributed by atoms with Crippen LogP contribution in [0.3, 0.4) is 0 Å². The van der Waals surface area contributed by atoms with E-state index in [2.05, 4.69) is 4.98 Å². The van der Waals surface area contributed by atoms with Crippen molar-refractivity contribution in [2.45, 2.75) is 6.04 Å². The van der Waals surface area contributed by atoms with Crippen LogP contribution in [0.2, 0.25) is 0 Å². The molecule has 0 radical (unpaired) electrons. The van der Waals surface area contributed by atoms with Gasteiger partial charge in [-0.2, -0.15) is 0 Å². The van der Waals surface area contributed by atoms with Crippen LogP contribution in [-0.4, -0.2) is 4.98 Å². The number of nitrogens with zero attached hydrogens (tertiary/aromatic N) is 1. The number of hydrogen-bond donors (Lipinski definition) is 1. The number of benzene rings is 2. The van der Waals surface area contributed by atoms with Crippen molar-refractivity contribution in [2.75, 3.05) is 0 Å². The molecule has 2 N–H and O–H groups in total. The fourth-order valence-corrected chi connectivity index (χ4v) is 1.97. The van der Waals surface area contributed by atoms with Gasteiger partial charge in [-0.15, -0.1) is 0 Å². The standard InChI is InChI=1S/C16H14N2O/c17-15(13-9-5-2-6-10-13)16-18-11-14(19-16)12-7-3-1-4-8-12/h1-11,15H,17H2. The minimum Gasteiger partial charge on any atom is -0.439 e. The molecule has 3 heteroatoms. The van der Waals surface area contributed by atoms with Crippen LogP contribution < -0.4 is 5.73 Å². The number of hydrogen-bond acceptors (Lipinski definition) is 3. The molecule has 1 heterocycles. The molecule has 0 aliphatic carbocycles. The smallest absolute Gasteiger partial charge is 0.216 e. The second-order valence-corrected chi connectivity index (χ2v) is 4.32. The van der Waals surface area contributed by atoms with Crippen molar-refractivity contribution in [3.8, 4) is 11.3 Å². The molecule has 2 aromatic carbocycles. The lowest BCUT2D eigenvalue weighted by Crippen LogP contribution is -2.11. The monoisotopic (exact) mass is 250 g/mol. The van der Waals surface area contributed by atoms with E-state index in [4.69, 9.17) is 10.2 Å². The number of nitrogens with two attached hydrogens (primary N) is 1. The van der Waals surface area contributed by atoms with Crippen molar-refractivity contribution >= 4 is 0 Å². The van der Waals surface area contributed by atoms with E-state index >= 15 is 0 Å². The molecule has 1 aromatic heterocycles. The Balaban J connectivity index is 1.90. The van der Waals surface area contributed by atoms with Crippen molar-refractivity contribution in [2.24, 2.45) is 5.73 Å². The third-order valence-corrected chi connectivity index (χ3v) is 3.01. The molecule has 3 rings (SSSR count). The highest BCUT2D eigenvalue weighted by atomic mass is 16.4. The van der Waals surface area contributed by atoms with Crippen molar-refractivity contribution in [1.82, 2.24) is 4.98 Å². The van der Waals surface area contributed by atoms with Crippen LogP contribution in [0.4, 0.5) is 0 Å². The molecule has 0 amide bonds. The van der Waals surface area contributed by atoms with E-state index in [-0.39, 0.29) is 6.04 Å². The van der Waals surface area contributed by atoms with E-state index in [9.17, 15) is 0 Å². The first-order valence-corrected chi connectivity index (χ1v) is 6.16. The summed E-state index contributed by atoms with van der Waals surface area (Å²) in [6, 6.07) is 19.3. The number of rotatable bonds is 3. The first-order valence-electron chi connectivity index (χ1n) is 6.16. The quantitative estimate of drug-likeness (QED) is 0.775. The SMILES string of the molecule is NC(c1ccccc1)c1ncc(-c2ccccc2)o1. The largest absolute Gasteiger partial charge is 0.439 e. The zero-order chi connectivity index (χ0) is 13.1. The van der Waals surface area contributed by atoms with Gasteiger partial charge in [0.05, 0.1) is 6.20 Å². The maximum absolute atomic E-state index is 6.15. The van der Waals surface area contributed by atoms with Gasteiger partial charge < -0.3 is 10.2 Å². The second kappa shape index (κ2) is 5.08. The van der Waals surface area contributed by atoms with Gasteiger partial charge in [0.2, 0.25) is 5.89 Å². The van der Waals surface area contributed by atoms with Crippen molar-refractivity contribution in [1.29, 1.82) is 0 Å². The number of aromatic nitrogens is 1. The van der Waals surface area contributed by atoms with E-state index in [1.54, 1.807) is 6.20 Å². The summed E-state index contributed by atoms with van der Waals surface area (Å²) in [7, 11) is 0. The molecule has 0 saturated carbocycles. The molecular formula is C16H14N2O. The predicted molar refractivity (Wildman–Crippen MR) is 74.4 cm³/mol. The molecular weight excluding hydrogens is 236 g/mol. The van der Waals surface area contributed by atoms with Gasteiger partial charge in [0.15, 0.2) is 5.76 Å². The van der Waals surface area contributed by atoms with Gasteiger partial charge >= 0.3 is 0 Å². The van der Waals surface area contributed by atoms with Crippen LogP contribution in [0.1, 0.15) is 17.5 Å². The van der Waals surface area contributed by atoms with Crippen LogP contribution in [0.15, 0.2) is 71.3 Å². The molecule has 1 atom stereocenters. The van der Waals surface area contributed by atoms with Crippen molar-refractivity contribution < 1.29 is 4.42 Å². The Morgan fingerprint density at radius 1 is 0.895 bits per heavy atom. The van der Waals surface area contributed by atoms with Crippen LogP contribution >= 0.6 is 0 Å². The molecule has 0 aliphatic rings. The summed E-state index contributed by atoms with van der Waals surface area (Å²) < 4.78 is 5.75. The zero-order valence-corrected chi connectivity index (χ0v) is 10.4. The Hall–Kier alpha value is -2.39. The minimum absolute atomic E-state index is 0.335. The van der Waals surface area contributed by atoms with E-state index in [1.807, 2.05) is 60.7 Å². The van der Waals surface area contributed by atoms with Crippen LogP contribution in [0, 0.1) is 0 Å². The molecule has 19 heavy (non-hydrogen) atoms.